The molecule has 1 saturated heterocycles. The van der Waals surface area contributed by atoms with Gasteiger partial charge in [0.25, 0.3) is 11.8 Å². The van der Waals surface area contributed by atoms with Crippen LogP contribution in [0.4, 0.5) is 4.39 Å². The van der Waals surface area contributed by atoms with Gasteiger partial charge in [-0.15, -0.1) is 0 Å². The van der Waals surface area contributed by atoms with Gasteiger partial charge in [-0.3, -0.25) is 9.59 Å². The lowest BCUT2D eigenvalue weighted by atomic mass is 9.79. The van der Waals surface area contributed by atoms with Crippen molar-refractivity contribution in [3.63, 3.8) is 0 Å². The minimum Gasteiger partial charge on any atom is -0.497 e. The van der Waals surface area contributed by atoms with Crippen LogP contribution in [0, 0.1) is 5.82 Å². The van der Waals surface area contributed by atoms with Crippen molar-refractivity contribution in [3.8, 4) is 5.75 Å². The van der Waals surface area contributed by atoms with Crippen molar-refractivity contribution in [2.24, 2.45) is 0 Å². The maximum absolute atomic E-state index is 13.6. The summed E-state index contributed by atoms with van der Waals surface area (Å²) in [4.78, 5) is 28.3. The predicted molar refractivity (Wildman–Crippen MR) is 126 cm³/mol. The van der Waals surface area contributed by atoms with E-state index in [-0.39, 0.29) is 17.9 Å². The van der Waals surface area contributed by atoms with Gasteiger partial charge in [0, 0.05) is 17.7 Å². The molecule has 1 aliphatic heterocycles. The maximum Gasteiger partial charge on any atom is 0.254 e. The zero-order valence-corrected chi connectivity index (χ0v) is 19.1. The summed E-state index contributed by atoms with van der Waals surface area (Å²) in [5.41, 5.74) is 0.246. The number of hydrogen-bond acceptors (Lipinski definition) is 4. The molecule has 0 bridgehead atoms. The Kier molecular flexibility index (Phi) is 6.65. The molecule has 2 N–H and O–H groups in total. The van der Waals surface area contributed by atoms with Crippen molar-refractivity contribution in [3.05, 3.63) is 101 Å². The summed E-state index contributed by atoms with van der Waals surface area (Å²) in [6, 6.07) is 19.9. The molecule has 2 amide bonds. The molecule has 176 valence electrons. The van der Waals surface area contributed by atoms with Crippen molar-refractivity contribution < 1.29 is 23.8 Å². The van der Waals surface area contributed by atoms with E-state index in [2.05, 4.69) is 5.32 Å². The molecule has 1 fully saturated rings. The Morgan fingerprint density at radius 1 is 1.00 bits per heavy atom. The minimum atomic E-state index is -1.28. The number of nitrogens with one attached hydrogen (secondary N) is 1. The number of piperidine rings is 1. The number of nitrogens with zero attached hydrogens (tertiary/aromatic N) is 1. The van der Waals surface area contributed by atoms with E-state index in [0.29, 0.717) is 17.9 Å². The van der Waals surface area contributed by atoms with Gasteiger partial charge in [0.1, 0.15) is 11.6 Å². The zero-order valence-electron chi connectivity index (χ0n) is 19.1. The van der Waals surface area contributed by atoms with Crippen LogP contribution in [-0.2, 0) is 0 Å². The van der Waals surface area contributed by atoms with Gasteiger partial charge in [-0.1, -0.05) is 30.3 Å². The Morgan fingerprint density at radius 3 is 2.24 bits per heavy atom. The molecule has 7 heteroatoms. The first-order chi connectivity index (χ1) is 16.3. The third-order valence-electron chi connectivity index (χ3n) is 6.31. The smallest absolute Gasteiger partial charge is 0.254 e. The van der Waals surface area contributed by atoms with Crippen molar-refractivity contribution in [2.45, 2.75) is 31.0 Å². The molecule has 3 unspecified atom stereocenters. The van der Waals surface area contributed by atoms with Crippen molar-refractivity contribution in [1.29, 1.82) is 0 Å². The van der Waals surface area contributed by atoms with Crippen molar-refractivity contribution >= 4 is 11.8 Å². The molecule has 1 heterocycles. The second-order valence-corrected chi connectivity index (χ2v) is 8.65. The van der Waals surface area contributed by atoms with E-state index in [9.17, 15) is 19.1 Å². The molecule has 0 aromatic heterocycles. The minimum absolute atomic E-state index is 0.215. The molecular weight excluding hydrogens is 435 g/mol. The lowest BCUT2D eigenvalue weighted by Gasteiger charge is -2.49. The molecule has 34 heavy (non-hydrogen) atoms. The zero-order chi connectivity index (χ0) is 24.3. The summed E-state index contributed by atoms with van der Waals surface area (Å²) in [5.74, 6) is -0.472. The fourth-order valence-electron chi connectivity index (χ4n) is 4.37. The van der Waals surface area contributed by atoms with E-state index in [1.807, 2.05) is 30.3 Å². The van der Waals surface area contributed by atoms with Crippen LogP contribution < -0.4 is 10.1 Å². The van der Waals surface area contributed by atoms with Crippen LogP contribution in [0.2, 0.25) is 0 Å². The van der Waals surface area contributed by atoms with Gasteiger partial charge in [0.15, 0.2) is 0 Å². The standard InChI is InChI=1S/C27H27FN2O4/c1-27(33)16-17-30(26(32)20-10-14-22(34-2)15-11-20)23(18-6-4-3-5-7-18)24(27)29-25(31)19-8-12-21(28)13-9-19/h3-15,23-24,33H,16-17H2,1-2H3,(H,29,31). The molecule has 1 aliphatic rings. The summed E-state index contributed by atoms with van der Waals surface area (Å²) in [6.45, 7) is 1.97. The normalized spacial score (nSPS) is 22.2. The van der Waals surface area contributed by atoms with Crippen LogP contribution in [0.5, 0.6) is 5.75 Å². The molecule has 3 atom stereocenters. The Bertz CT molecular complexity index is 1150. The average Bonchev–Trinajstić information content (AvgIpc) is 2.85. The van der Waals surface area contributed by atoms with E-state index in [4.69, 9.17) is 4.74 Å². The highest BCUT2D eigenvalue weighted by molar-refractivity contribution is 5.96. The number of carbonyl (C=O) groups excluding carboxylic acids is 2. The van der Waals surface area contributed by atoms with Gasteiger partial charge in [-0.05, 0) is 67.4 Å². The third-order valence-corrected chi connectivity index (χ3v) is 6.31. The summed E-state index contributed by atoms with van der Waals surface area (Å²) in [6.07, 6.45) is 0.270. The highest BCUT2D eigenvalue weighted by Gasteiger charge is 2.47. The average molecular weight is 463 g/mol. The predicted octanol–water partition coefficient (Wildman–Crippen LogP) is 3.97. The van der Waals surface area contributed by atoms with Crippen molar-refractivity contribution in [1.82, 2.24) is 10.2 Å². The molecule has 0 aliphatic carbocycles. The first-order valence-electron chi connectivity index (χ1n) is 11.1. The Balaban J connectivity index is 1.71. The molecule has 4 rings (SSSR count). The fourth-order valence-corrected chi connectivity index (χ4v) is 4.37. The van der Waals surface area contributed by atoms with E-state index in [1.165, 1.54) is 24.3 Å². The number of amides is 2. The van der Waals surface area contributed by atoms with Gasteiger partial charge >= 0.3 is 0 Å². The molecule has 0 spiro atoms. The molecule has 3 aromatic carbocycles. The monoisotopic (exact) mass is 462 g/mol. The van der Waals surface area contributed by atoms with Crippen molar-refractivity contribution in [2.75, 3.05) is 13.7 Å². The SMILES string of the molecule is COc1ccc(C(=O)N2CCC(C)(O)C(NC(=O)c3ccc(F)cc3)C2c2ccccc2)cc1. The number of halogens is 1. The maximum atomic E-state index is 13.6. The second-order valence-electron chi connectivity index (χ2n) is 8.65. The van der Waals surface area contributed by atoms with Crippen LogP contribution in [0.25, 0.3) is 0 Å². The van der Waals surface area contributed by atoms with Crippen LogP contribution in [-0.4, -0.2) is 47.1 Å². The molecule has 0 radical (unpaired) electrons. The number of likely N-dealkylation sites (tertiary alicyclic amines) is 1. The number of methoxy groups -OCH3 is 1. The van der Waals surface area contributed by atoms with Crippen LogP contribution in [0.3, 0.4) is 0 Å². The number of rotatable bonds is 5. The van der Waals surface area contributed by atoms with Gasteiger partial charge in [0.05, 0.1) is 24.8 Å². The van der Waals surface area contributed by atoms with Gasteiger partial charge < -0.3 is 20.1 Å². The second kappa shape index (κ2) is 9.65. The molecule has 3 aromatic rings. The third kappa shape index (κ3) is 4.79. The summed E-state index contributed by atoms with van der Waals surface area (Å²) in [7, 11) is 1.56. The number of hydrogen-bond donors (Lipinski definition) is 2. The lowest BCUT2D eigenvalue weighted by Crippen LogP contribution is -2.63. The quantitative estimate of drug-likeness (QED) is 0.602. The van der Waals surface area contributed by atoms with Gasteiger partial charge in [-0.2, -0.15) is 0 Å². The van der Waals surface area contributed by atoms with Crippen LogP contribution >= 0.6 is 0 Å². The molecule has 0 saturated carbocycles. The summed E-state index contributed by atoms with van der Waals surface area (Å²) >= 11 is 0. The van der Waals surface area contributed by atoms with E-state index >= 15 is 0 Å². The lowest BCUT2D eigenvalue weighted by molar-refractivity contribution is -0.0549. The number of aliphatic hydroxyl groups is 1. The van der Waals surface area contributed by atoms with E-state index in [0.717, 1.165) is 5.56 Å². The Hall–Kier alpha value is -3.71. The van der Waals surface area contributed by atoms with E-state index < -0.39 is 29.4 Å². The first kappa shape index (κ1) is 23.4. The Labute approximate surface area is 198 Å². The first-order valence-corrected chi connectivity index (χ1v) is 11.1. The Morgan fingerprint density at radius 2 is 1.62 bits per heavy atom. The highest BCUT2D eigenvalue weighted by atomic mass is 19.1. The summed E-state index contributed by atoms with van der Waals surface area (Å²) in [5, 5.41) is 14.2. The van der Waals surface area contributed by atoms with E-state index in [1.54, 1.807) is 43.2 Å². The van der Waals surface area contributed by atoms with Gasteiger partial charge in [-0.25, -0.2) is 4.39 Å². The summed E-state index contributed by atoms with van der Waals surface area (Å²) < 4.78 is 18.5. The number of carbonyl (C=O) groups is 2. The fraction of sp³-hybridized carbons (Fsp3) is 0.259. The molecular formula is C27H27FN2O4. The molecule has 6 nitrogen and oxygen atoms in total. The number of benzene rings is 3. The number of ether oxygens (including phenoxy) is 1. The van der Waals surface area contributed by atoms with Crippen LogP contribution in [0.15, 0.2) is 78.9 Å². The van der Waals surface area contributed by atoms with Gasteiger partial charge in [0.2, 0.25) is 0 Å². The highest BCUT2D eigenvalue weighted by Crippen LogP contribution is 2.38. The van der Waals surface area contributed by atoms with Crippen LogP contribution in [0.1, 0.15) is 45.7 Å². The largest absolute Gasteiger partial charge is 0.497 e. The topological polar surface area (TPSA) is 78.9 Å².